The summed E-state index contributed by atoms with van der Waals surface area (Å²) >= 11 is 0. The van der Waals surface area contributed by atoms with Gasteiger partial charge in [-0.25, -0.2) is 4.79 Å². The smallest absolute Gasteiger partial charge is 0.345 e. The minimum absolute atomic E-state index is 0.0118. The molecule has 1 saturated heterocycles. The van der Waals surface area contributed by atoms with Gasteiger partial charge in [0.05, 0.1) is 36.9 Å². The molecule has 1 aliphatic heterocycles. The second-order valence-electron chi connectivity index (χ2n) is 12.8. The highest BCUT2D eigenvalue weighted by molar-refractivity contribution is 5.36. The van der Waals surface area contributed by atoms with Crippen molar-refractivity contribution < 1.29 is 39.8 Å². The van der Waals surface area contributed by atoms with Crippen LogP contribution in [0.25, 0.3) is 0 Å². The Morgan fingerprint density at radius 1 is 1.14 bits per heavy atom. The lowest BCUT2D eigenvalue weighted by molar-refractivity contribution is -0.180. The summed E-state index contributed by atoms with van der Waals surface area (Å²) < 4.78 is 11.0. The predicted molar refractivity (Wildman–Crippen MR) is 167 cm³/mol. The molecule has 0 radical (unpaired) electrons. The van der Waals surface area contributed by atoms with Crippen molar-refractivity contribution in [2.24, 2.45) is 11.8 Å². The number of unbranched alkanes of at least 4 members (excludes halogenated alkanes) is 3. The van der Waals surface area contributed by atoms with Crippen molar-refractivity contribution in [3.8, 4) is 5.75 Å². The fourth-order valence-corrected chi connectivity index (χ4v) is 5.56. The summed E-state index contributed by atoms with van der Waals surface area (Å²) in [5, 5.41) is 61.7. The molecule has 1 aromatic heterocycles. The number of aliphatic hydroxyl groups excluding tert-OH is 5. The van der Waals surface area contributed by atoms with Gasteiger partial charge < -0.3 is 39.8 Å². The Kier molecular flexibility index (Phi) is 14.8. The second kappa shape index (κ2) is 17.3. The molecule has 7 atom stereocenters. The maximum atomic E-state index is 12.9. The van der Waals surface area contributed by atoms with E-state index >= 15 is 0 Å². The zero-order valence-corrected chi connectivity index (χ0v) is 26.7. The highest BCUT2D eigenvalue weighted by atomic mass is 16.5. The fraction of sp³-hybridized carbons (Fsp3) is 0.676. The Hall–Kier alpha value is -2.27. The van der Waals surface area contributed by atoms with Crippen molar-refractivity contribution in [1.82, 2.24) is 0 Å². The molecule has 3 unspecified atom stereocenters. The third kappa shape index (κ3) is 10.7. The van der Waals surface area contributed by atoms with E-state index in [2.05, 4.69) is 26.8 Å². The van der Waals surface area contributed by atoms with Crippen molar-refractivity contribution >= 4 is 0 Å². The van der Waals surface area contributed by atoms with Gasteiger partial charge in [-0.1, -0.05) is 81.4 Å². The number of aromatic hydroxyl groups is 1. The van der Waals surface area contributed by atoms with E-state index in [1.807, 2.05) is 13.0 Å². The average molecular weight is 607 g/mol. The monoisotopic (exact) mass is 606 g/mol. The third-order valence-corrected chi connectivity index (χ3v) is 8.33. The Bertz CT molecular complexity index is 1150. The molecule has 1 aromatic rings. The van der Waals surface area contributed by atoms with Crippen LogP contribution < -0.4 is 5.63 Å². The Morgan fingerprint density at radius 3 is 2.44 bits per heavy atom. The molecule has 9 nitrogen and oxygen atoms in total. The SMILES string of the molecule is CCCCCCC(C)C/C(C)=C\C(/C=C(C)/C=C/C(O)C(C)(C)c1cc(O)c([C@H]2O[C@@H](CO)C[C@@H](O)[C@@H]2O)c(=O)o1)CO. The molecule has 0 aromatic carbocycles. The van der Waals surface area contributed by atoms with Crippen molar-refractivity contribution in [3.05, 3.63) is 63.3 Å². The van der Waals surface area contributed by atoms with Crippen molar-refractivity contribution in [3.63, 3.8) is 0 Å². The molecular weight excluding hydrogens is 552 g/mol. The summed E-state index contributed by atoms with van der Waals surface area (Å²) in [6.45, 7) is 11.3. The summed E-state index contributed by atoms with van der Waals surface area (Å²) in [5.74, 6) is -0.0686. The van der Waals surface area contributed by atoms with Crippen LogP contribution in [-0.2, 0) is 10.2 Å². The van der Waals surface area contributed by atoms with E-state index in [1.54, 1.807) is 26.0 Å². The molecule has 1 aliphatic rings. The molecule has 0 spiro atoms. The highest BCUT2D eigenvalue weighted by Gasteiger charge is 2.41. The topological polar surface area (TPSA) is 161 Å². The zero-order chi connectivity index (χ0) is 32.3. The first-order valence-corrected chi connectivity index (χ1v) is 15.6. The van der Waals surface area contributed by atoms with Gasteiger partial charge in [0.25, 0.3) is 0 Å². The van der Waals surface area contributed by atoms with Crippen LogP contribution in [0.1, 0.15) is 104 Å². The minimum atomic E-state index is -1.50. The van der Waals surface area contributed by atoms with Crippen molar-refractivity contribution in [1.29, 1.82) is 0 Å². The van der Waals surface area contributed by atoms with E-state index in [9.17, 15) is 35.4 Å². The number of rotatable bonds is 16. The van der Waals surface area contributed by atoms with Gasteiger partial charge in [-0.3, -0.25) is 0 Å². The number of hydrogen-bond donors (Lipinski definition) is 6. The molecule has 0 saturated carbocycles. The third-order valence-electron chi connectivity index (χ3n) is 8.33. The maximum absolute atomic E-state index is 12.9. The van der Waals surface area contributed by atoms with Gasteiger partial charge in [0.1, 0.15) is 29.3 Å². The maximum Gasteiger partial charge on any atom is 0.345 e. The molecule has 6 N–H and O–H groups in total. The van der Waals surface area contributed by atoms with E-state index in [0.717, 1.165) is 12.0 Å². The van der Waals surface area contributed by atoms with E-state index in [1.165, 1.54) is 43.7 Å². The van der Waals surface area contributed by atoms with Gasteiger partial charge in [0, 0.05) is 18.4 Å². The molecule has 9 heteroatoms. The molecule has 2 rings (SSSR count). The lowest BCUT2D eigenvalue weighted by Gasteiger charge is -2.36. The Morgan fingerprint density at radius 2 is 1.84 bits per heavy atom. The normalized spacial score (nSPS) is 24.3. The van der Waals surface area contributed by atoms with Gasteiger partial charge in [0.2, 0.25) is 0 Å². The number of allylic oxidation sites excluding steroid dienone is 3. The van der Waals surface area contributed by atoms with E-state index in [0.29, 0.717) is 5.92 Å². The summed E-state index contributed by atoms with van der Waals surface area (Å²) in [7, 11) is 0. The molecule has 244 valence electrons. The predicted octanol–water partition coefficient (Wildman–Crippen LogP) is 4.58. The first-order chi connectivity index (χ1) is 20.2. The first kappa shape index (κ1) is 36.9. The molecule has 1 fully saturated rings. The van der Waals surface area contributed by atoms with Crippen LogP contribution in [0.15, 0.2) is 50.7 Å². The second-order valence-corrected chi connectivity index (χ2v) is 12.8. The van der Waals surface area contributed by atoms with Gasteiger partial charge in [-0.05, 0) is 40.0 Å². The van der Waals surface area contributed by atoms with E-state index in [4.69, 9.17) is 9.15 Å². The van der Waals surface area contributed by atoms with Gasteiger partial charge in [0.15, 0.2) is 0 Å². The van der Waals surface area contributed by atoms with Crippen LogP contribution in [0.4, 0.5) is 0 Å². The van der Waals surface area contributed by atoms with E-state index < -0.39 is 53.9 Å². The molecule has 0 aliphatic carbocycles. The summed E-state index contributed by atoms with van der Waals surface area (Å²) in [6.07, 6.45) is 8.44. The van der Waals surface area contributed by atoms with E-state index in [-0.39, 0.29) is 30.3 Å². The zero-order valence-electron chi connectivity index (χ0n) is 26.7. The summed E-state index contributed by atoms with van der Waals surface area (Å²) in [4.78, 5) is 12.9. The van der Waals surface area contributed by atoms with Crippen LogP contribution >= 0.6 is 0 Å². The standard InChI is InChI=1S/C34H54O9/c1-7-8-9-10-11-21(2)14-23(4)16-24(19-35)15-22(3)12-13-28(39)34(5,6)29-18-26(37)30(33(41)43-29)32-31(40)27(38)17-25(20-36)42-32/h12-13,15-16,18,21,24-25,27-28,31-32,35-40H,7-11,14,17,19-20H2,1-6H3/b13-12+,22-15+,23-16-/t21?,24?,25-,27-,28?,31+,32-/m1/s1. The summed E-state index contributed by atoms with van der Waals surface area (Å²) in [5.41, 5.74) is -0.399. The van der Waals surface area contributed by atoms with Gasteiger partial charge in [-0.15, -0.1) is 0 Å². The molecule has 2 heterocycles. The van der Waals surface area contributed by atoms with Crippen LogP contribution in [0, 0.1) is 11.8 Å². The summed E-state index contributed by atoms with van der Waals surface area (Å²) in [6, 6.07) is 1.20. The number of ether oxygens (including phenoxy) is 1. The molecule has 0 bridgehead atoms. The van der Waals surface area contributed by atoms with Crippen LogP contribution in [0.5, 0.6) is 5.75 Å². The lowest BCUT2D eigenvalue weighted by Crippen LogP contribution is -2.46. The molecular formula is C34H54O9. The lowest BCUT2D eigenvalue weighted by atomic mass is 9.82. The van der Waals surface area contributed by atoms with Crippen LogP contribution in [0.2, 0.25) is 0 Å². The molecule has 43 heavy (non-hydrogen) atoms. The Balaban J connectivity index is 2.14. The number of hydrogen-bond acceptors (Lipinski definition) is 9. The highest BCUT2D eigenvalue weighted by Crippen LogP contribution is 2.37. The minimum Gasteiger partial charge on any atom is -0.507 e. The number of aliphatic hydroxyl groups is 5. The van der Waals surface area contributed by atoms with Gasteiger partial charge in [-0.2, -0.15) is 0 Å². The molecule has 0 amide bonds. The van der Waals surface area contributed by atoms with Crippen molar-refractivity contribution in [2.45, 2.75) is 122 Å². The fourth-order valence-electron chi connectivity index (χ4n) is 5.56. The quantitative estimate of drug-likeness (QED) is 0.0899. The largest absolute Gasteiger partial charge is 0.507 e. The van der Waals surface area contributed by atoms with Gasteiger partial charge >= 0.3 is 5.63 Å². The first-order valence-electron chi connectivity index (χ1n) is 15.6. The van der Waals surface area contributed by atoms with Crippen LogP contribution in [0.3, 0.4) is 0 Å². The average Bonchev–Trinajstić information content (AvgIpc) is 2.95. The Labute approximate surface area is 256 Å². The van der Waals surface area contributed by atoms with Crippen molar-refractivity contribution in [2.75, 3.05) is 13.2 Å². The van der Waals surface area contributed by atoms with Crippen LogP contribution in [-0.4, -0.2) is 68.3 Å².